The van der Waals surface area contributed by atoms with Crippen molar-refractivity contribution in [3.8, 4) is 11.1 Å². The van der Waals surface area contributed by atoms with E-state index in [1.807, 2.05) is 54.6 Å². The fourth-order valence-corrected chi connectivity index (χ4v) is 2.93. The molecule has 2 aromatic carbocycles. The van der Waals surface area contributed by atoms with E-state index in [-0.39, 0.29) is 12.8 Å². The lowest BCUT2D eigenvalue weighted by molar-refractivity contribution is -0.152. The SMILES string of the molecule is C[C@@](CO)(CC(Cc1ccc(-c2ccccc2)cc1)NC(=O)C(=O)O)C(=O)O. The number of rotatable bonds is 8. The molecule has 7 nitrogen and oxygen atoms in total. The van der Waals surface area contributed by atoms with E-state index in [0.717, 1.165) is 16.7 Å². The molecule has 4 N–H and O–H groups in total. The van der Waals surface area contributed by atoms with Crippen LogP contribution in [0.4, 0.5) is 0 Å². The zero-order valence-electron chi connectivity index (χ0n) is 15.5. The van der Waals surface area contributed by atoms with Gasteiger partial charge < -0.3 is 20.6 Å². The van der Waals surface area contributed by atoms with Gasteiger partial charge in [0.05, 0.1) is 12.0 Å². The van der Waals surface area contributed by atoms with Gasteiger partial charge in [-0.15, -0.1) is 0 Å². The van der Waals surface area contributed by atoms with Gasteiger partial charge in [-0.05, 0) is 36.5 Å². The highest BCUT2D eigenvalue weighted by Crippen LogP contribution is 2.25. The Kier molecular flexibility index (Phi) is 6.89. The number of aliphatic hydroxyl groups is 1. The largest absolute Gasteiger partial charge is 0.481 e. The third-order valence-corrected chi connectivity index (χ3v) is 4.63. The molecule has 0 bridgehead atoms. The molecule has 148 valence electrons. The van der Waals surface area contributed by atoms with Gasteiger partial charge in [-0.1, -0.05) is 54.6 Å². The predicted octanol–water partition coefficient (Wildman–Crippen LogP) is 1.94. The molecule has 2 atom stereocenters. The van der Waals surface area contributed by atoms with Crippen LogP contribution in [0, 0.1) is 5.41 Å². The molecule has 0 aliphatic heterocycles. The number of hydrogen-bond acceptors (Lipinski definition) is 4. The molecule has 0 saturated heterocycles. The zero-order chi connectivity index (χ0) is 20.7. The van der Waals surface area contributed by atoms with E-state index in [2.05, 4.69) is 5.32 Å². The number of aliphatic carboxylic acids is 2. The van der Waals surface area contributed by atoms with Crippen molar-refractivity contribution >= 4 is 17.8 Å². The van der Waals surface area contributed by atoms with Gasteiger partial charge in [0.15, 0.2) is 0 Å². The fourth-order valence-electron chi connectivity index (χ4n) is 2.93. The fraction of sp³-hybridized carbons (Fsp3) is 0.286. The van der Waals surface area contributed by atoms with E-state index in [1.54, 1.807) is 0 Å². The average molecular weight is 385 g/mol. The van der Waals surface area contributed by atoms with E-state index in [1.165, 1.54) is 6.92 Å². The first kappa shape index (κ1) is 21.1. The molecule has 0 fully saturated rings. The summed E-state index contributed by atoms with van der Waals surface area (Å²) in [4.78, 5) is 34.0. The van der Waals surface area contributed by atoms with Crippen LogP contribution in [-0.2, 0) is 20.8 Å². The Morgan fingerprint density at radius 2 is 1.54 bits per heavy atom. The van der Waals surface area contributed by atoms with Crippen molar-refractivity contribution in [3.05, 3.63) is 60.2 Å². The van der Waals surface area contributed by atoms with Gasteiger partial charge in [-0.25, -0.2) is 4.79 Å². The summed E-state index contributed by atoms with van der Waals surface area (Å²) >= 11 is 0. The van der Waals surface area contributed by atoms with Crippen molar-refractivity contribution in [2.24, 2.45) is 5.41 Å². The maximum absolute atomic E-state index is 11.6. The lowest BCUT2D eigenvalue weighted by Gasteiger charge is -2.28. The number of benzene rings is 2. The van der Waals surface area contributed by atoms with Crippen molar-refractivity contribution in [1.29, 1.82) is 0 Å². The number of hydrogen-bond donors (Lipinski definition) is 4. The van der Waals surface area contributed by atoms with Crippen molar-refractivity contribution in [2.45, 2.75) is 25.8 Å². The summed E-state index contributed by atoms with van der Waals surface area (Å²) in [5.74, 6) is -4.08. The highest BCUT2D eigenvalue weighted by atomic mass is 16.4. The van der Waals surface area contributed by atoms with Crippen molar-refractivity contribution in [1.82, 2.24) is 5.32 Å². The molecule has 28 heavy (non-hydrogen) atoms. The van der Waals surface area contributed by atoms with E-state index < -0.39 is 35.9 Å². The van der Waals surface area contributed by atoms with Crippen LogP contribution in [0.1, 0.15) is 18.9 Å². The van der Waals surface area contributed by atoms with Crippen LogP contribution in [0.3, 0.4) is 0 Å². The average Bonchev–Trinajstić information content (AvgIpc) is 2.68. The van der Waals surface area contributed by atoms with Gasteiger partial charge in [-0.2, -0.15) is 0 Å². The van der Waals surface area contributed by atoms with E-state index in [9.17, 15) is 24.6 Å². The second kappa shape index (κ2) is 9.14. The van der Waals surface area contributed by atoms with Crippen LogP contribution < -0.4 is 5.32 Å². The second-order valence-electron chi connectivity index (χ2n) is 6.97. The zero-order valence-corrected chi connectivity index (χ0v) is 15.5. The molecule has 0 radical (unpaired) electrons. The summed E-state index contributed by atoms with van der Waals surface area (Å²) in [7, 11) is 0. The first-order chi connectivity index (χ1) is 13.2. The molecule has 2 aromatic rings. The minimum atomic E-state index is -1.65. The van der Waals surface area contributed by atoms with Crippen molar-refractivity contribution in [2.75, 3.05) is 6.61 Å². The topological polar surface area (TPSA) is 124 Å². The van der Waals surface area contributed by atoms with Crippen LogP contribution in [0.2, 0.25) is 0 Å². The number of carboxylic acids is 2. The van der Waals surface area contributed by atoms with Gasteiger partial charge in [0.2, 0.25) is 0 Å². The normalized spacial score (nSPS) is 13.9. The summed E-state index contributed by atoms with van der Waals surface area (Å²) in [5.41, 5.74) is 1.35. The Bertz CT molecular complexity index is 834. The number of carboxylic acid groups (broad SMARTS) is 2. The molecule has 7 heteroatoms. The molecule has 1 unspecified atom stereocenters. The molecular formula is C21H23NO6. The summed E-state index contributed by atoms with van der Waals surface area (Å²) in [5, 5.41) is 30.0. The van der Waals surface area contributed by atoms with Gasteiger partial charge >= 0.3 is 17.8 Å². The Hall–Kier alpha value is -3.19. The van der Waals surface area contributed by atoms with Gasteiger partial charge in [0.1, 0.15) is 0 Å². The van der Waals surface area contributed by atoms with Gasteiger partial charge in [0.25, 0.3) is 0 Å². The van der Waals surface area contributed by atoms with Crippen LogP contribution in [0.15, 0.2) is 54.6 Å². The third kappa shape index (κ3) is 5.40. The van der Waals surface area contributed by atoms with Crippen molar-refractivity contribution < 1.29 is 29.7 Å². The van der Waals surface area contributed by atoms with Crippen LogP contribution >= 0.6 is 0 Å². The van der Waals surface area contributed by atoms with E-state index >= 15 is 0 Å². The lowest BCUT2D eigenvalue weighted by atomic mass is 9.82. The summed E-state index contributed by atoms with van der Waals surface area (Å²) in [6.45, 7) is 0.725. The standard InChI is InChI=1S/C21H23NO6/c1-21(13-23,20(27)28)12-17(22-18(24)19(25)26)11-14-7-9-16(10-8-14)15-5-3-2-4-6-15/h2-10,17,23H,11-13H2,1H3,(H,22,24)(H,25,26)(H,27,28)/t17?,21-/m0/s1. The smallest absolute Gasteiger partial charge is 0.394 e. The Morgan fingerprint density at radius 1 is 0.964 bits per heavy atom. The maximum Gasteiger partial charge on any atom is 0.394 e. The van der Waals surface area contributed by atoms with Crippen molar-refractivity contribution in [3.63, 3.8) is 0 Å². The molecule has 0 aromatic heterocycles. The summed E-state index contributed by atoms with van der Waals surface area (Å²) in [6.07, 6.45) is 0.120. The minimum absolute atomic E-state index is 0.113. The molecule has 2 rings (SSSR count). The first-order valence-corrected chi connectivity index (χ1v) is 8.77. The predicted molar refractivity (Wildman–Crippen MR) is 103 cm³/mol. The minimum Gasteiger partial charge on any atom is -0.481 e. The van der Waals surface area contributed by atoms with Crippen LogP contribution in [-0.4, -0.2) is 45.8 Å². The highest BCUT2D eigenvalue weighted by molar-refractivity contribution is 6.31. The number of carbonyl (C=O) groups excluding carboxylic acids is 1. The Balaban J connectivity index is 2.20. The van der Waals surface area contributed by atoms with Gasteiger partial charge in [0, 0.05) is 6.04 Å². The second-order valence-corrected chi connectivity index (χ2v) is 6.97. The summed E-state index contributed by atoms with van der Waals surface area (Å²) in [6, 6.07) is 16.5. The maximum atomic E-state index is 11.6. The number of carbonyl (C=O) groups is 3. The summed E-state index contributed by atoms with van der Waals surface area (Å²) < 4.78 is 0. The molecule has 1 amide bonds. The molecule has 0 aliphatic rings. The molecule has 0 spiro atoms. The van der Waals surface area contributed by atoms with Crippen LogP contribution in [0.25, 0.3) is 11.1 Å². The Morgan fingerprint density at radius 3 is 2.04 bits per heavy atom. The monoisotopic (exact) mass is 385 g/mol. The van der Waals surface area contributed by atoms with E-state index in [4.69, 9.17) is 5.11 Å². The highest BCUT2D eigenvalue weighted by Gasteiger charge is 2.36. The number of nitrogens with one attached hydrogen (secondary N) is 1. The molecule has 0 saturated carbocycles. The van der Waals surface area contributed by atoms with Crippen LogP contribution in [0.5, 0.6) is 0 Å². The van der Waals surface area contributed by atoms with E-state index in [0.29, 0.717) is 0 Å². The number of amides is 1. The first-order valence-electron chi connectivity index (χ1n) is 8.77. The third-order valence-electron chi connectivity index (χ3n) is 4.63. The quantitative estimate of drug-likeness (QED) is 0.515. The Labute approximate surface area is 162 Å². The number of aliphatic hydroxyl groups excluding tert-OH is 1. The molecular weight excluding hydrogens is 362 g/mol. The lowest BCUT2D eigenvalue weighted by Crippen LogP contribution is -2.46. The van der Waals surface area contributed by atoms with Gasteiger partial charge in [-0.3, -0.25) is 9.59 Å². The molecule has 0 heterocycles. The molecule has 0 aliphatic carbocycles.